The van der Waals surface area contributed by atoms with Gasteiger partial charge >= 0.3 is 0 Å². The van der Waals surface area contributed by atoms with E-state index in [0.717, 1.165) is 25.0 Å². The number of piperazine rings is 1. The molecule has 1 saturated heterocycles. The van der Waals surface area contributed by atoms with Crippen LogP contribution in [0.2, 0.25) is 5.02 Å². The summed E-state index contributed by atoms with van der Waals surface area (Å²) in [6.45, 7) is 4.40. The second-order valence-electron chi connectivity index (χ2n) is 7.28. The quantitative estimate of drug-likeness (QED) is 0.675. The number of halogens is 1. The summed E-state index contributed by atoms with van der Waals surface area (Å²) in [6, 6.07) is 14.3. The third-order valence-electron chi connectivity index (χ3n) is 5.12. The maximum atomic E-state index is 12.8. The van der Waals surface area contributed by atoms with Gasteiger partial charge in [-0.3, -0.25) is 9.10 Å². The van der Waals surface area contributed by atoms with Crippen LogP contribution in [0.4, 0.5) is 11.4 Å². The van der Waals surface area contributed by atoms with Gasteiger partial charge in [-0.2, -0.15) is 0 Å². The molecule has 1 atom stereocenters. The molecule has 0 unspecified atom stereocenters. The van der Waals surface area contributed by atoms with Crippen molar-refractivity contribution >= 4 is 38.9 Å². The first-order valence-corrected chi connectivity index (χ1v) is 11.9. The Balaban J connectivity index is 1.55. The first-order valence-electron chi connectivity index (χ1n) is 9.65. The molecule has 0 radical (unpaired) electrons. The maximum Gasteiger partial charge on any atom is 0.263 e. The predicted molar refractivity (Wildman–Crippen MR) is 120 cm³/mol. The van der Waals surface area contributed by atoms with E-state index in [0.29, 0.717) is 29.5 Å². The monoisotopic (exact) mass is 451 g/mol. The van der Waals surface area contributed by atoms with Crippen LogP contribution in [0, 0.1) is 0 Å². The van der Waals surface area contributed by atoms with Gasteiger partial charge in [0.05, 0.1) is 11.9 Å². The Hall–Kier alpha value is -2.45. The number of carbonyl (C=O) groups is 1. The van der Waals surface area contributed by atoms with E-state index in [2.05, 4.69) is 4.90 Å². The van der Waals surface area contributed by atoms with Crippen LogP contribution in [0.1, 0.15) is 6.92 Å². The van der Waals surface area contributed by atoms with E-state index in [4.69, 9.17) is 16.3 Å². The summed E-state index contributed by atoms with van der Waals surface area (Å²) in [5.74, 6) is 0.442. The molecule has 2 aromatic rings. The van der Waals surface area contributed by atoms with Crippen molar-refractivity contribution in [2.45, 2.75) is 13.0 Å². The highest BCUT2D eigenvalue weighted by Gasteiger charge is 2.26. The molecule has 2 aromatic carbocycles. The normalized spacial score (nSPS) is 15.6. The number of benzene rings is 2. The topological polar surface area (TPSA) is 70.2 Å². The number of rotatable bonds is 6. The van der Waals surface area contributed by atoms with E-state index in [1.54, 1.807) is 36.1 Å². The van der Waals surface area contributed by atoms with Crippen molar-refractivity contribution < 1.29 is 17.9 Å². The minimum atomic E-state index is -3.33. The molecule has 0 aliphatic carbocycles. The SMILES string of the molecule is C[C@H](Oc1ccc(N(C)S(C)(=O)=O)cc1)C(=O)N1CCN(c2cccc(Cl)c2)CC1. The number of amides is 1. The molecule has 1 aliphatic heterocycles. The van der Waals surface area contributed by atoms with E-state index in [1.165, 1.54) is 11.4 Å². The molecule has 30 heavy (non-hydrogen) atoms. The summed E-state index contributed by atoms with van der Waals surface area (Å²) in [5, 5.41) is 0.696. The van der Waals surface area contributed by atoms with E-state index in [-0.39, 0.29) is 5.91 Å². The summed E-state index contributed by atoms with van der Waals surface area (Å²) >= 11 is 6.07. The molecule has 1 heterocycles. The van der Waals surface area contributed by atoms with Gasteiger partial charge in [0.15, 0.2) is 6.10 Å². The van der Waals surface area contributed by atoms with Crippen LogP contribution in [0.5, 0.6) is 5.75 Å². The third kappa shape index (κ3) is 5.37. The van der Waals surface area contributed by atoms with Crippen molar-refractivity contribution in [3.05, 3.63) is 53.6 Å². The van der Waals surface area contributed by atoms with E-state index in [9.17, 15) is 13.2 Å². The number of carbonyl (C=O) groups excluding carboxylic acids is 1. The molecule has 7 nitrogen and oxygen atoms in total. The van der Waals surface area contributed by atoms with Gasteiger partial charge in [-0.1, -0.05) is 17.7 Å². The minimum absolute atomic E-state index is 0.0712. The van der Waals surface area contributed by atoms with Gasteiger partial charge in [0.25, 0.3) is 5.91 Å². The number of anilines is 2. The van der Waals surface area contributed by atoms with Gasteiger partial charge in [0, 0.05) is 43.9 Å². The van der Waals surface area contributed by atoms with Gasteiger partial charge in [-0.15, -0.1) is 0 Å². The molecule has 0 aromatic heterocycles. The lowest BCUT2D eigenvalue weighted by Crippen LogP contribution is -2.52. The van der Waals surface area contributed by atoms with Crippen LogP contribution in [-0.4, -0.2) is 64.8 Å². The molecule has 0 saturated carbocycles. The molecule has 0 spiro atoms. The third-order valence-corrected chi connectivity index (χ3v) is 6.56. The van der Waals surface area contributed by atoms with Crippen LogP contribution in [0.25, 0.3) is 0 Å². The summed E-state index contributed by atoms with van der Waals surface area (Å²) in [7, 11) is -1.84. The first kappa shape index (κ1) is 22.2. The van der Waals surface area contributed by atoms with Gasteiger partial charge in [0.1, 0.15) is 5.75 Å². The first-order chi connectivity index (χ1) is 14.1. The van der Waals surface area contributed by atoms with Crippen molar-refractivity contribution in [3.8, 4) is 5.75 Å². The number of sulfonamides is 1. The highest BCUT2D eigenvalue weighted by atomic mass is 35.5. The predicted octanol–water partition coefficient (Wildman–Crippen LogP) is 2.85. The van der Waals surface area contributed by atoms with Crippen LogP contribution in [0.15, 0.2) is 48.5 Å². The smallest absolute Gasteiger partial charge is 0.263 e. The molecule has 1 amide bonds. The Morgan fingerprint density at radius 2 is 1.73 bits per heavy atom. The largest absolute Gasteiger partial charge is 0.481 e. The van der Waals surface area contributed by atoms with Crippen molar-refractivity contribution in [1.82, 2.24) is 4.90 Å². The van der Waals surface area contributed by atoms with Crippen molar-refractivity contribution in [3.63, 3.8) is 0 Å². The van der Waals surface area contributed by atoms with Crippen molar-refractivity contribution in [2.75, 3.05) is 48.7 Å². The van der Waals surface area contributed by atoms with Gasteiger partial charge in [-0.25, -0.2) is 8.42 Å². The second-order valence-corrected chi connectivity index (χ2v) is 9.73. The molecule has 0 bridgehead atoms. The van der Waals surface area contributed by atoms with Gasteiger partial charge < -0.3 is 14.5 Å². The Morgan fingerprint density at radius 3 is 2.30 bits per heavy atom. The molecule has 162 valence electrons. The molecule has 3 rings (SSSR count). The fraction of sp³-hybridized carbons (Fsp3) is 0.381. The van der Waals surface area contributed by atoms with Crippen molar-refractivity contribution in [1.29, 1.82) is 0 Å². The summed E-state index contributed by atoms with van der Waals surface area (Å²) in [6.07, 6.45) is 0.505. The van der Waals surface area contributed by atoms with E-state index >= 15 is 0 Å². The highest BCUT2D eigenvalue weighted by Crippen LogP contribution is 2.23. The summed E-state index contributed by atoms with van der Waals surface area (Å²) in [5.41, 5.74) is 1.58. The second kappa shape index (κ2) is 9.14. The van der Waals surface area contributed by atoms with E-state index in [1.807, 2.05) is 24.3 Å². The number of nitrogens with zero attached hydrogens (tertiary/aromatic N) is 3. The fourth-order valence-corrected chi connectivity index (χ4v) is 3.98. The average Bonchev–Trinajstić information content (AvgIpc) is 2.72. The molecular weight excluding hydrogens is 426 g/mol. The standard InChI is InChI=1S/C21H26ClN3O4S/c1-16(29-20-9-7-18(8-10-20)23(2)30(3,27)28)21(26)25-13-11-24(12-14-25)19-6-4-5-17(22)15-19/h4-10,15-16H,11-14H2,1-3H3/t16-/m0/s1. The van der Waals surface area contributed by atoms with Crippen molar-refractivity contribution in [2.24, 2.45) is 0 Å². The highest BCUT2D eigenvalue weighted by molar-refractivity contribution is 7.92. The van der Waals surface area contributed by atoms with Crippen LogP contribution < -0.4 is 13.9 Å². The fourth-order valence-electron chi connectivity index (χ4n) is 3.30. The molecule has 0 N–H and O–H groups in total. The number of hydrogen-bond acceptors (Lipinski definition) is 5. The molecular formula is C21H26ClN3O4S. The molecule has 9 heteroatoms. The van der Waals surface area contributed by atoms with Crippen LogP contribution in [-0.2, 0) is 14.8 Å². The summed E-state index contributed by atoms with van der Waals surface area (Å²) in [4.78, 5) is 16.8. The Kier molecular flexibility index (Phi) is 6.77. The van der Waals surface area contributed by atoms with E-state index < -0.39 is 16.1 Å². The zero-order chi connectivity index (χ0) is 21.9. The lowest BCUT2D eigenvalue weighted by atomic mass is 10.2. The van der Waals surface area contributed by atoms with Crippen LogP contribution >= 0.6 is 11.6 Å². The number of ether oxygens (including phenoxy) is 1. The Labute approximate surface area is 182 Å². The zero-order valence-electron chi connectivity index (χ0n) is 17.3. The van der Waals surface area contributed by atoms with Gasteiger partial charge in [-0.05, 0) is 49.4 Å². The Morgan fingerprint density at radius 1 is 1.10 bits per heavy atom. The molecule has 1 aliphatic rings. The van der Waals surface area contributed by atoms with Gasteiger partial charge in [0.2, 0.25) is 10.0 Å². The lowest BCUT2D eigenvalue weighted by molar-refractivity contribution is -0.138. The maximum absolute atomic E-state index is 12.8. The lowest BCUT2D eigenvalue weighted by Gasteiger charge is -2.37. The Bertz CT molecular complexity index is 990. The molecule has 1 fully saturated rings. The number of hydrogen-bond donors (Lipinski definition) is 0. The summed E-state index contributed by atoms with van der Waals surface area (Å²) < 4.78 is 30.2. The van der Waals surface area contributed by atoms with Crippen LogP contribution in [0.3, 0.4) is 0 Å². The minimum Gasteiger partial charge on any atom is -0.481 e. The zero-order valence-corrected chi connectivity index (χ0v) is 18.9. The average molecular weight is 452 g/mol.